The third-order valence-electron chi connectivity index (χ3n) is 3.34. The third kappa shape index (κ3) is 5.59. The van der Waals surface area contributed by atoms with Crippen LogP contribution in [-0.2, 0) is 22.6 Å². The first-order chi connectivity index (χ1) is 11.4. The van der Waals surface area contributed by atoms with Crippen LogP contribution in [0.1, 0.15) is 18.1 Å². The molecule has 2 N–H and O–H groups in total. The number of carboxylic acids is 1. The van der Waals surface area contributed by atoms with Gasteiger partial charge in [0.15, 0.2) is 6.10 Å². The Balaban J connectivity index is 1.84. The molecule has 126 valence electrons. The maximum atomic E-state index is 12.1. The first-order valence-electron chi connectivity index (χ1n) is 7.43. The molecule has 1 amide bonds. The molecular weight excluding hydrogens is 330 g/mol. The van der Waals surface area contributed by atoms with Gasteiger partial charge in [0.1, 0.15) is 5.75 Å². The molecule has 1 unspecified atom stereocenters. The van der Waals surface area contributed by atoms with E-state index < -0.39 is 12.1 Å². The number of carboxylic acid groups (broad SMARTS) is 1. The second-order valence-corrected chi connectivity index (χ2v) is 5.76. The smallest absolute Gasteiger partial charge is 0.307 e. The van der Waals surface area contributed by atoms with Gasteiger partial charge in [-0.15, -0.1) is 0 Å². The predicted octanol–water partition coefficient (Wildman–Crippen LogP) is 3.05. The van der Waals surface area contributed by atoms with Crippen molar-refractivity contribution < 1.29 is 19.4 Å². The van der Waals surface area contributed by atoms with Gasteiger partial charge in [0, 0.05) is 11.6 Å². The summed E-state index contributed by atoms with van der Waals surface area (Å²) >= 11 is 5.81. The van der Waals surface area contributed by atoms with Crippen LogP contribution in [0.5, 0.6) is 5.75 Å². The second-order valence-electron chi connectivity index (χ2n) is 5.32. The Bertz CT molecular complexity index is 698. The number of halogens is 1. The van der Waals surface area contributed by atoms with Crippen LogP contribution in [0.25, 0.3) is 0 Å². The molecule has 0 heterocycles. The highest BCUT2D eigenvalue weighted by Gasteiger charge is 2.14. The fraction of sp³-hybridized carbons (Fsp3) is 0.222. The first kappa shape index (κ1) is 17.8. The molecule has 0 spiro atoms. The van der Waals surface area contributed by atoms with Crippen molar-refractivity contribution in [2.45, 2.75) is 26.0 Å². The summed E-state index contributed by atoms with van der Waals surface area (Å²) < 4.78 is 5.56. The Morgan fingerprint density at radius 2 is 1.67 bits per heavy atom. The summed E-state index contributed by atoms with van der Waals surface area (Å²) in [6.45, 7) is 2.05. The largest absolute Gasteiger partial charge is 0.481 e. The zero-order valence-corrected chi connectivity index (χ0v) is 13.9. The lowest BCUT2D eigenvalue weighted by Gasteiger charge is -2.15. The van der Waals surface area contributed by atoms with Gasteiger partial charge >= 0.3 is 5.97 Å². The van der Waals surface area contributed by atoms with Crippen molar-refractivity contribution in [3.63, 3.8) is 0 Å². The van der Waals surface area contributed by atoms with Crippen LogP contribution in [0.15, 0.2) is 48.5 Å². The lowest BCUT2D eigenvalue weighted by atomic mass is 10.1. The number of hydrogen-bond acceptors (Lipinski definition) is 3. The van der Waals surface area contributed by atoms with E-state index in [4.69, 9.17) is 21.4 Å². The second kappa shape index (κ2) is 8.36. The normalized spacial score (nSPS) is 11.6. The summed E-state index contributed by atoms with van der Waals surface area (Å²) in [6, 6.07) is 13.9. The number of rotatable bonds is 7. The summed E-state index contributed by atoms with van der Waals surface area (Å²) in [6.07, 6.45) is -0.708. The minimum atomic E-state index is -0.890. The number of carbonyl (C=O) groups excluding carboxylic acids is 1. The lowest BCUT2D eigenvalue weighted by Crippen LogP contribution is -2.35. The van der Waals surface area contributed by atoms with E-state index in [1.807, 2.05) is 12.1 Å². The van der Waals surface area contributed by atoms with Gasteiger partial charge in [0.25, 0.3) is 5.91 Å². The number of nitrogens with one attached hydrogen (secondary N) is 1. The van der Waals surface area contributed by atoms with E-state index in [1.165, 1.54) is 0 Å². The van der Waals surface area contributed by atoms with Crippen LogP contribution in [-0.4, -0.2) is 23.1 Å². The zero-order chi connectivity index (χ0) is 17.5. The molecule has 2 aromatic carbocycles. The fourth-order valence-electron chi connectivity index (χ4n) is 2.05. The molecule has 0 radical (unpaired) electrons. The van der Waals surface area contributed by atoms with Gasteiger partial charge in [-0.2, -0.15) is 0 Å². The van der Waals surface area contributed by atoms with Crippen molar-refractivity contribution in [3.05, 3.63) is 64.7 Å². The minimum absolute atomic E-state index is 0.0442. The van der Waals surface area contributed by atoms with Gasteiger partial charge in [-0.25, -0.2) is 0 Å². The van der Waals surface area contributed by atoms with Crippen LogP contribution >= 0.6 is 11.6 Å². The van der Waals surface area contributed by atoms with Crippen molar-refractivity contribution in [2.24, 2.45) is 0 Å². The highest BCUT2D eigenvalue weighted by atomic mass is 35.5. The quantitative estimate of drug-likeness (QED) is 0.807. The molecule has 24 heavy (non-hydrogen) atoms. The van der Waals surface area contributed by atoms with Crippen LogP contribution in [0.2, 0.25) is 5.02 Å². The number of amides is 1. The van der Waals surface area contributed by atoms with Crippen LogP contribution in [0.4, 0.5) is 0 Å². The molecule has 0 saturated carbocycles. The Morgan fingerprint density at radius 1 is 1.08 bits per heavy atom. The molecule has 0 saturated heterocycles. The van der Waals surface area contributed by atoms with Gasteiger partial charge in [-0.1, -0.05) is 35.9 Å². The van der Waals surface area contributed by atoms with Gasteiger partial charge in [-0.3, -0.25) is 9.59 Å². The topological polar surface area (TPSA) is 75.6 Å². The molecule has 0 bridgehead atoms. The molecule has 1 atom stereocenters. The number of ether oxygens (including phenoxy) is 1. The number of aliphatic carboxylic acids is 1. The maximum Gasteiger partial charge on any atom is 0.307 e. The lowest BCUT2D eigenvalue weighted by molar-refractivity contribution is -0.136. The van der Waals surface area contributed by atoms with E-state index in [0.717, 1.165) is 5.56 Å². The highest BCUT2D eigenvalue weighted by Crippen LogP contribution is 2.15. The Morgan fingerprint density at radius 3 is 2.25 bits per heavy atom. The maximum absolute atomic E-state index is 12.1. The minimum Gasteiger partial charge on any atom is -0.481 e. The average molecular weight is 348 g/mol. The van der Waals surface area contributed by atoms with E-state index in [1.54, 1.807) is 43.3 Å². The molecule has 2 rings (SSSR count). The summed E-state index contributed by atoms with van der Waals surface area (Å²) in [5, 5.41) is 12.2. The van der Waals surface area contributed by atoms with Crippen molar-refractivity contribution in [2.75, 3.05) is 0 Å². The van der Waals surface area contributed by atoms with Crippen molar-refractivity contribution in [1.29, 1.82) is 0 Å². The number of carbonyl (C=O) groups is 2. The number of benzene rings is 2. The van der Waals surface area contributed by atoms with Crippen molar-refractivity contribution in [1.82, 2.24) is 5.32 Å². The monoisotopic (exact) mass is 347 g/mol. The summed E-state index contributed by atoms with van der Waals surface area (Å²) in [4.78, 5) is 22.7. The van der Waals surface area contributed by atoms with Crippen LogP contribution in [0, 0.1) is 0 Å². The SMILES string of the molecule is CC(Oc1ccc(CC(=O)O)cc1)C(=O)NCc1ccc(Cl)cc1. The Kier molecular flexibility index (Phi) is 6.21. The summed E-state index contributed by atoms with van der Waals surface area (Å²) in [7, 11) is 0. The van der Waals surface area contributed by atoms with Crippen molar-refractivity contribution >= 4 is 23.5 Å². The third-order valence-corrected chi connectivity index (χ3v) is 3.59. The molecular formula is C18H18ClNO4. The van der Waals surface area contributed by atoms with Gasteiger partial charge in [0.05, 0.1) is 6.42 Å². The number of hydrogen-bond donors (Lipinski definition) is 2. The van der Waals surface area contributed by atoms with Crippen LogP contribution < -0.4 is 10.1 Å². The summed E-state index contributed by atoms with van der Waals surface area (Å²) in [5.74, 6) is -0.614. The highest BCUT2D eigenvalue weighted by molar-refractivity contribution is 6.30. The molecule has 6 heteroatoms. The Labute approximate surface area is 145 Å². The molecule has 5 nitrogen and oxygen atoms in total. The van der Waals surface area contributed by atoms with E-state index in [9.17, 15) is 9.59 Å². The van der Waals surface area contributed by atoms with Gasteiger partial charge in [-0.05, 0) is 42.3 Å². The summed E-state index contributed by atoms with van der Waals surface area (Å²) in [5.41, 5.74) is 1.62. The van der Waals surface area contributed by atoms with E-state index in [-0.39, 0.29) is 12.3 Å². The zero-order valence-electron chi connectivity index (χ0n) is 13.2. The predicted molar refractivity (Wildman–Crippen MR) is 91.2 cm³/mol. The van der Waals surface area contributed by atoms with E-state index in [0.29, 0.717) is 22.9 Å². The molecule has 0 aromatic heterocycles. The molecule has 2 aromatic rings. The fourth-order valence-corrected chi connectivity index (χ4v) is 2.18. The van der Waals surface area contributed by atoms with Gasteiger partial charge < -0.3 is 15.2 Å². The van der Waals surface area contributed by atoms with E-state index >= 15 is 0 Å². The van der Waals surface area contributed by atoms with E-state index in [2.05, 4.69) is 5.32 Å². The Hall–Kier alpha value is -2.53. The molecule has 0 aliphatic rings. The molecule has 0 fully saturated rings. The van der Waals surface area contributed by atoms with Crippen molar-refractivity contribution in [3.8, 4) is 5.75 Å². The van der Waals surface area contributed by atoms with Gasteiger partial charge in [0.2, 0.25) is 0 Å². The molecule has 0 aliphatic heterocycles. The standard InChI is InChI=1S/C18H18ClNO4/c1-12(18(23)20-11-14-2-6-15(19)7-3-14)24-16-8-4-13(5-9-16)10-17(21)22/h2-9,12H,10-11H2,1H3,(H,20,23)(H,21,22). The first-order valence-corrected chi connectivity index (χ1v) is 7.81. The molecule has 0 aliphatic carbocycles. The van der Waals surface area contributed by atoms with Crippen LogP contribution in [0.3, 0.4) is 0 Å². The average Bonchev–Trinajstić information content (AvgIpc) is 2.55.